The summed E-state index contributed by atoms with van der Waals surface area (Å²) in [7, 11) is 0. The molecule has 2 rings (SSSR count). The smallest absolute Gasteiger partial charge is 0.165 e. The second-order valence-electron chi connectivity index (χ2n) is 3.85. The predicted octanol–water partition coefficient (Wildman–Crippen LogP) is 3.85. The Hall–Kier alpha value is -1.90. The highest BCUT2D eigenvalue weighted by atomic mass is 19.1. The molecule has 0 aliphatic rings. The van der Waals surface area contributed by atoms with E-state index >= 15 is 0 Å². The van der Waals surface area contributed by atoms with Crippen LogP contribution in [0.3, 0.4) is 0 Å². The minimum Gasteiger partial charge on any atom is -0.486 e. The summed E-state index contributed by atoms with van der Waals surface area (Å²) in [4.78, 5) is 0. The number of hydrogen-bond donors (Lipinski definition) is 0. The fraction of sp³-hybridized carbons (Fsp3) is 0.143. The standard InChI is InChI=1S/C14H12F2O/c1-10-5-6-14(13(16)7-10)17-9-11-3-2-4-12(15)8-11/h2-8H,9H2,1H3. The third-order valence-corrected chi connectivity index (χ3v) is 2.37. The van der Waals surface area contributed by atoms with Crippen LogP contribution >= 0.6 is 0 Å². The number of halogens is 2. The van der Waals surface area contributed by atoms with Crippen LogP contribution in [0.4, 0.5) is 8.78 Å². The van der Waals surface area contributed by atoms with E-state index in [0.717, 1.165) is 5.56 Å². The quantitative estimate of drug-likeness (QED) is 0.783. The largest absolute Gasteiger partial charge is 0.486 e. The maximum Gasteiger partial charge on any atom is 0.165 e. The number of rotatable bonds is 3. The van der Waals surface area contributed by atoms with Crippen molar-refractivity contribution in [2.45, 2.75) is 13.5 Å². The van der Waals surface area contributed by atoms with Gasteiger partial charge >= 0.3 is 0 Å². The Bertz CT molecular complexity index is 523. The number of ether oxygens (including phenoxy) is 1. The number of benzene rings is 2. The molecular weight excluding hydrogens is 222 g/mol. The van der Waals surface area contributed by atoms with Crippen molar-refractivity contribution in [3.63, 3.8) is 0 Å². The van der Waals surface area contributed by atoms with Gasteiger partial charge in [-0.2, -0.15) is 0 Å². The Kier molecular flexibility index (Phi) is 3.38. The molecule has 17 heavy (non-hydrogen) atoms. The van der Waals surface area contributed by atoms with Gasteiger partial charge in [0.15, 0.2) is 11.6 Å². The van der Waals surface area contributed by atoms with Gasteiger partial charge in [-0.3, -0.25) is 0 Å². The lowest BCUT2D eigenvalue weighted by Crippen LogP contribution is -1.98. The van der Waals surface area contributed by atoms with Crippen molar-refractivity contribution in [3.8, 4) is 5.75 Å². The van der Waals surface area contributed by atoms with E-state index in [-0.39, 0.29) is 18.2 Å². The molecule has 0 aromatic heterocycles. The molecule has 0 saturated carbocycles. The van der Waals surface area contributed by atoms with E-state index in [1.54, 1.807) is 31.2 Å². The summed E-state index contributed by atoms with van der Waals surface area (Å²) in [5, 5.41) is 0. The molecule has 0 spiro atoms. The number of aryl methyl sites for hydroxylation is 1. The molecule has 0 radical (unpaired) electrons. The molecule has 0 heterocycles. The lowest BCUT2D eigenvalue weighted by molar-refractivity contribution is 0.289. The minimum atomic E-state index is -0.401. The zero-order chi connectivity index (χ0) is 12.3. The van der Waals surface area contributed by atoms with Crippen LogP contribution in [0.1, 0.15) is 11.1 Å². The summed E-state index contributed by atoms with van der Waals surface area (Å²) in [6, 6.07) is 10.8. The van der Waals surface area contributed by atoms with Gasteiger partial charge < -0.3 is 4.74 Å². The van der Waals surface area contributed by atoms with Crippen LogP contribution in [0.25, 0.3) is 0 Å². The van der Waals surface area contributed by atoms with E-state index in [0.29, 0.717) is 5.56 Å². The first kappa shape index (κ1) is 11.6. The first-order chi connectivity index (χ1) is 8.15. The van der Waals surface area contributed by atoms with Crippen molar-refractivity contribution in [1.82, 2.24) is 0 Å². The highest BCUT2D eigenvalue weighted by Crippen LogP contribution is 2.19. The molecule has 0 fully saturated rings. The van der Waals surface area contributed by atoms with Crippen molar-refractivity contribution in [3.05, 3.63) is 65.2 Å². The normalized spacial score (nSPS) is 10.3. The van der Waals surface area contributed by atoms with Crippen LogP contribution in [-0.4, -0.2) is 0 Å². The summed E-state index contributed by atoms with van der Waals surface area (Å²) >= 11 is 0. The molecule has 0 atom stereocenters. The molecule has 0 unspecified atom stereocenters. The average molecular weight is 234 g/mol. The van der Waals surface area contributed by atoms with Crippen molar-refractivity contribution >= 4 is 0 Å². The molecular formula is C14H12F2O. The summed E-state index contributed by atoms with van der Waals surface area (Å²) in [5.74, 6) is -0.545. The molecule has 0 amide bonds. The average Bonchev–Trinajstić information content (AvgIpc) is 2.28. The van der Waals surface area contributed by atoms with Crippen LogP contribution < -0.4 is 4.74 Å². The maximum absolute atomic E-state index is 13.4. The monoisotopic (exact) mass is 234 g/mol. The minimum absolute atomic E-state index is 0.151. The van der Waals surface area contributed by atoms with Gasteiger partial charge in [-0.1, -0.05) is 18.2 Å². The summed E-state index contributed by atoms with van der Waals surface area (Å²) < 4.78 is 31.6. The van der Waals surface area contributed by atoms with Crippen LogP contribution in [0.5, 0.6) is 5.75 Å². The van der Waals surface area contributed by atoms with Gasteiger partial charge in [-0.05, 0) is 42.3 Å². The second kappa shape index (κ2) is 4.95. The van der Waals surface area contributed by atoms with Crippen molar-refractivity contribution in [2.24, 2.45) is 0 Å². The Morgan fingerprint density at radius 3 is 2.59 bits per heavy atom. The maximum atomic E-state index is 13.4. The van der Waals surface area contributed by atoms with Crippen LogP contribution in [0.15, 0.2) is 42.5 Å². The van der Waals surface area contributed by atoms with E-state index in [4.69, 9.17) is 4.74 Å². The van der Waals surface area contributed by atoms with Crippen LogP contribution in [0, 0.1) is 18.6 Å². The second-order valence-corrected chi connectivity index (χ2v) is 3.85. The van der Waals surface area contributed by atoms with E-state index in [1.807, 2.05) is 0 Å². The summed E-state index contributed by atoms with van der Waals surface area (Å²) in [5.41, 5.74) is 1.51. The predicted molar refractivity (Wildman–Crippen MR) is 61.9 cm³/mol. The van der Waals surface area contributed by atoms with Gasteiger partial charge in [0.05, 0.1) is 0 Å². The zero-order valence-electron chi connectivity index (χ0n) is 9.41. The Morgan fingerprint density at radius 1 is 1.06 bits per heavy atom. The van der Waals surface area contributed by atoms with Gasteiger partial charge in [0, 0.05) is 0 Å². The number of hydrogen-bond acceptors (Lipinski definition) is 1. The van der Waals surface area contributed by atoms with Crippen molar-refractivity contribution in [1.29, 1.82) is 0 Å². The van der Waals surface area contributed by atoms with Crippen LogP contribution in [0.2, 0.25) is 0 Å². The first-order valence-electron chi connectivity index (χ1n) is 5.28. The van der Waals surface area contributed by atoms with Crippen molar-refractivity contribution in [2.75, 3.05) is 0 Å². The van der Waals surface area contributed by atoms with Crippen molar-refractivity contribution < 1.29 is 13.5 Å². The zero-order valence-corrected chi connectivity index (χ0v) is 9.41. The fourth-order valence-electron chi connectivity index (χ4n) is 1.51. The highest BCUT2D eigenvalue weighted by Gasteiger charge is 2.03. The molecule has 2 aromatic carbocycles. The third kappa shape index (κ3) is 3.03. The van der Waals surface area contributed by atoms with Gasteiger partial charge in [-0.15, -0.1) is 0 Å². The fourth-order valence-corrected chi connectivity index (χ4v) is 1.51. The lowest BCUT2D eigenvalue weighted by Gasteiger charge is -2.07. The molecule has 0 bridgehead atoms. The molecule has 1 nitrogen and oxygen atoms in total. The molecule has 2 aromatic rings. The van der Waals surface area contributed by atoms with Gasteiger partial charge in [0.2, 0.25) is 0 Å². The summed E-state index contributed by atoms with van der Waals surface area (Å²) in [6.07, 6.45) is 0. The molecule has 0 aliphatic carbocycles. The first-order valence-corrected chi connectivity index (χ1v) is 5.28. The molecule has 0 aliphatic heterocycles. The van der Waals surface area contributed by atoms with Gasteiger partial charge in [0.1, 0.15) is 12.4 Å². The summed E-state index contributed by atoms with van der Waals surface area (Å²) in [6.45, 7) is 1.96. The van der Waals surface area contributed by atoms with Crippen LogP contribution in [-0.2, 0) is 6.61 Å². The van der Waals surface area contributed by atoms with E-state index < -0.39 is 5.82 Å². The topological polar surface area (TPSA) is 9.23 Å². The molecule has 3 heteroatoms. The van der Waals surface area contributed by atoms with E-state index in [9.17, 15) is 8.78 Å². The Labute approximate surface area is 98.7 Å². The SMILES string of the molecule is Cc1ccc(OCc2cccc(F)c2)c(F)c1. The van der Waals surface area contributed by atoms with E-state index in [1.165, 1.54) is 18.2 Å². The third-order valence-electron chi connectivity index (χ3n) is 2.37. The molecule has 0 saturated heterocycles. The Balaban J connectivity index is 2.07. The molecule has 0 N–H and O–H groups in total. The molecule has 88 valence electrons. The van der Waals surface area contributed by atoms with Gasteiger partial charge in [-0.25, -0.2) is 8.78 Å². The Morgan fingerprint density at radius 2 is 1.88 bits per heavy atom. The van der Waals surface area contributed by atoms with E-state index in [2.05, 4.69) is 0 Å². The highest BCUT2D eigenvalue weighted by molar-refractivity contribution is 5.29. The lowest BCUT2D eigenvalue weighted by atomic mass is 10.2. The van der Waals surface area contributed by atoms with Gasteiger partial charge in [0.25, 0.3) is 0 Å².